The van der Waals surface area contributed by atoms with E-state index in [0.717, 1.165) is 11.2 Å². The molecule has 2 heterocycles. The van der Waals surface area contributed by atoms with E-state index >= 15 is 0 Å². The van der Waals surface area contributed by atoms with Crippen molar-refractivity contribution in [2.45, 2.75) is 17.9 Å². The number of aliphatic hydroxyl groups excluding tert-OH is 1. The number of rotatable bonds is 6. The van der Waals surface area contributed by atoms with Crippen molar-refractivity contribution in [3.8, 4) is 5.75 Å². The number of fused-ring (bicyclic) bond motifs is 1. The number of halogens is 1. The van der Waals surface area contributed by atoms with Crippen LogP contribution in [0.3, 0.4) is 0 Å². The maximum Gasteiger partial charge on any atom is 0.243 e. The van der Waals surface area contributed by atoms with Crippen LogP contribution in [0.15, 0.2) is 47.4 Å². The Balaban J connectivity index is 1.42. The fraction of sp³-hybridized carbons (Fsp3) is 0.364. The number of methoxy groups -OCH3 is 1. The lowest BCUT2D eigenvalue weighted by Crippen LogP contribution is -2.49. The predicted octanol–water partition coefficient (Wildman–Crippen LogP) is 2.66. The molecule has 0 bridgehead atoms. The van der Waals surface area contributed by atoms with Crippen molar-refractivity contribution in [1.29, 1.82) is 0 Å². The second-order valence-electron chi connectivity index (χ2n) is 7.75. The largest absolute Gasteiger partial charge is 0.497 e. The first-order chi connectivity index (χ1) is 14.8. The third-order valence-corrected chi connectivity index (χ3v) is 7.70. The van der Waals surface area contributed by atoms with Crippen LogP contribution in [0.4, 0.5) is 4.39 Å². The molecule has 0 unspecified atom stereocenters. The number of benzene rings is 2. The van der Waals surface area contributed by atoms with Crippen molar-refractivity contribution in [2.75, 3.05) is 39.8 Å². The van der Waals surface area contributed by atoms with E-state index in [1.807, 2.05) is 11.8 Å². The van der Waals surface area contributed by atoms with E-state index in [4.69, 9.17) is 4.74 Å². The van der Waals surface area contributed by atoms with Crippen molar-refractivity contribution in [1.82, 2.24) is 14.2 Å². The quantitative estimate of drug-likeness (QED) is 0.607. The second kappa shape index (κ2) is 8.58. The number of piperazine rings is 1. The molecule has 1 saturated heterocycles. The van der Waals surface area contributed by atoms with Crippen LogP contribution in [-0.2, 0) is 10.0 Å². The minimum Gasteiger partial charge on any atom is -0.497 e. The zero-order valence-electron chi connectivity index (χ0n) is 17.5. The van der Waals surface area contributed by atoms with Gasteiger partial charge in [-0.15, -0.1) is 0 Å². The first kappa shape index (κ1) is 21.8. The number of hydrogen-bond acceptors (Lipinski definition) is 5. The van der Waals surface area contributed by atoms with E-state index < -0.39 is 16.1 Å². The number of aromatic nitrogens is 1. The number of hydrogen-bond donors (Lipinski definition) is 2. The van der Waals surface area contributed by atoms with Crippen LogP contribution < -0.4 is 4.74 Å². The first-order valence-electron chi connectivity index (χ1n) is 10.1. The summed E-state index contributed by atoms with van der Waals surface area (Å²) in [6, 6.07) is 10.8. The van der Waals surface area contributed by atoms with Crippen LogP contribution in [0.2, 0.25) is 0 Å². The average molecular weight is 448 g/mol. The zero-order valence-corrected chi connectivity index (χ0v) is 18.3. The average Bonchev–Trinajstić information content (AvgIpc) is 3.09. The number of nitrogens with one attached hydrogen (secondary N) is 1. The van der Waals surface area contributed by atoms with Gasteiger partial charge in [0.1, 0.15) is 11.6 Å². The van der Waals surface area contributed by atoms with Crippen LogP contribution in [0.25, 0.3) is 10.9 Å². The van der Waals surface area contributed by atoms with E-state index in [9.17, 15) is 17.9 Å². The summed E-state index contributed by atoms with van der Waals surface area (Å²) in [5, 5.41) is 11.5. The molecule has 1 fully saturated rings. The Kier molecular flexibility index (Phi) is 6.02. The van der Waals surface area contributed by atoms with E-state index in [0.29, 0.717) is 49.4 Å². The smallest absolute Gasteiger partial charge is 0.243 e. The van der Waals surface area contributed by atoms with Crippen molar-refractivity contribution in [3.05, 3.63) is 59.5 Å². The Bertz CT molecular complexity index is 1170. The number of aryl methyl sites for hydroxylation is 1. The predicted molar refractivity (Wildman–Crippen MR) is 116 cm³/mol. The summed E-state index contributed by atoms with van der Waals surface area (Å²) >= 11 is 0. The molecule has 2 N–H and O–H groups in total. The maximum atomic E-state index is 13.7. The van der Waals surface area contributed by atoms with Gasteiger partial charge in [0.15, 0.2) is 0 Å². The molecule has 0 spiro atoms. The summed E-state index contributed by atoms with van der Waals surface area (Å²) in [5.41, 5.74) is 2.26. The van der Waals surface area contributed by atoms with Gasteiger partial charge in [0.2, 0.25) is 10.0 Å². The Morgan fingerprint density at radius 2 is 1.81 bits per heavy atom. The Hall–Kier alpha value is -2.46. The van der Waals surface area contributed by atoms with E-state index in [-0.39, 0.29) is 10.7 Å². The van der Waals surface area contributed by atoms with Gasteiger partial charge < -0.3 is 14.8 Å². The Morgan fingerprint density at radius 1 is 1.13 bits per heavy atom. The molecule has 1 aliphatic heterocycles. The molecule has 0 aliphatic carbocycles. The molecule has 1 aromatic heterocycles. The van der Waals surface area contributed by atoms with Gasteiger partial charge in [-0.05, 0) is 49.4 Å². The number of sulfonamides is 1. The summed E-state index contributed by atoms with van der Waals surface area (Å²) in [6.45, 7) is 3.88. The van der Waals surface area contributed by atoms with Gasteiger partial charge in [0, 0.05) is 54.9 Å². The van der Waals surface area contributed by atoms with Crippen molar-refractivity contribution in [3.63, 3.8) is 0 Å². The van der Waals surface area contributed by atoms with Crippen LogP contribution in [-0.4, -0.2) is 67.5 Å². The SMILES string of the molecule is COc1ccc(S(=O)(=O)N2CCN(C[C@H](O)c3c(C)[nH]c4ccc(F)cc34)CC2)cc1. The van der Waals surface area contributed by atoms with Gasteiger partial charge in [-0.2, -0.15) is 4.31 Å². The molecule has 0 radical (unpaired) electrons. The van der Waals surface area contributed by atoms with Crippen molar-refractivity contribution < 1.29 is 22.7 Å². The maximum absolute atomic E-state index is 13.7. The zero-order chi connectivity index (χ0) is 22.2. The van der Waals surface area contributed by atoms with Crippen molar-refractivity contribution in [2.24, 2.45) is 0 Å². The van der Waals surface area contributed by atoms with Crippen LogP contribution >= 0.6 is 0 Å². The molecule has 0 amide bonds. The van der Waals surface area contributed by atoms with Gasteiger partial charge in [0.05, 0.1) is 18.1 Å². The molecule has 2 aromatic carbocycles. The molecule has 7 nitrogen and oxygen atoms in total. The van der Waals surface area contributed by atoms with E-state index in [1.165, 1.54) is 23.5 Å². The highest BCUT2D eigenvalue weighted by Gasteiger charge is 2.30. The summed E-state index contributed by atoms with van der Waals surface area (Å²) in [7, 11) is -2.05. The molecule has 9 heteroatoms. The molecular weight excluding hydrogens is 421 g/mol. The normalized spacial score (nSPS) is 17.2. The number of β-amino-alcohol motifs (C(OH)–C–C–N with tert-alkyl or cyclic N) is 1. The summed E-state index contributed by atoms with van der Waals surface area (Å²) < 4.78 is 46.1. The number of aromatic amines is 1. The summed E-state index contributed by atoms with van der Waals surface area (Å²) in [4.78, 5) is 5.45. The lowest BCUT2D eigenvalue weighted by atomic mass is 10.0. The first-order valence-corrected chi connectivity index (χ1v) is 11.6. The molecule has 0 saturated carbocycles. The second-order valence-corrected chi connectivity index (χ2v) is 9.69. The number of ether oxygens (including phenoxy) is 1. The molecule has 4 rings (SSSR count). The van der Waals surface area contributed by atoms with Gasteiger partial charge in [-0.1, -0.05) is 0 Å². The van der Waals surface area contributed by atoms with Crippen LogP contribution in [0, 0.1) is 12.7 Å². The molecule has 166 valence electrons. The summed E-state index contributed by atoms with van der Waals surface area (Å²) in [6.07, 6.45) is -0.805. The lowest BCUT2D eigenvalue weighted by molar-refractivity contribution is 0.0926. The number of aliphatic hydroxyl groups is 1. The lowest BCUT2D eigenvalue weighted by Gasteiger charge is -2.35. The molecule has 1 aliphatic rings. The van der Waals surface area contributed by atoms with Gasteiger partial charge >= 0.3 is 0 Å². The van der Waals surface area contributed by atoms with Gasteiger partial charge in [-0.25, -0.2) is 12.8 Å². The van der Waals surface area contributed by atoms with Crippen molar-refractivity contribution >= 4 is 20.9 Å². The van der Waals surface area contributed by atoms with Crippen LogP contribution in [0.1, 0.15) is 17.4 Å². The van der Waals surface area contributed by atoms with Crippen LogP contribution in [0.5, 0.6) is 5.75 Å². The highest BCUT2D eigenvalue weighted by Crippen LogP contribution is 2.29. The van der Waals surface area contributed by atoms with Gasteiger partial charge in [-0.3, -0.25) is 4.90 Å². The highest BCUT2D eigenvalue weighted by molar-refractivity contribution is 7.89. The molecular formula is C22H26FN3O4S. The number of H-pyrrole nitrogens is 1. The van der Waals surface area contributed by atoms with E-state index in [2.05, 4.69) is 4.98 Å². The minimum absolute atomic E-state index is 0.234. The molecule has 1 atom stereocenters. The Morgan fingerprint density at radius 3 is 2.45 bits per heavy atom. The third kappa shape index (κ3) is 4.31. The third-order valence-electron chi connectivity index (χ3n) is 5.79. The molecule has 3 aromatic rings. The topological polar surface area (TPSA) is 85.9 Å². The fourth-order valence-electron chi connectivity index (χ4n) is 4.13. The Labute approximate surface area is 181 Å². The monoisotopic (exact) mass is 447 g/mol. The molecule has 31 heavy (non-hydrogen) atoms. The number of nitrogens with zero attached hydrogens (tertiary/aromatic N) is 2. The summed E-state index contributed by atoms with van der Waals surface area (Å²) in [5.74, 6) is 0.252. The fourth-order valence-corrected chi connectivity index (χ4v) is 5.56. The van der Waals surface area contributed by atoms with E-state index in [1.54, 1.807) is 30.3 Å². The highest BCUT2D eigenvalue weighted by atomic mass is 32.2. The van der Waals surface area contributed by atoms with Gasteiger partial charge in [0.25, 0.3) is 0 Å². The minimum atomic E-state index is -3.58. The standard InChI is InChI=1S/C22H26FN3O4S/c1-15-22(19-13-16(23)3-8-20(19)24-15)21(27)14-25-9-11-26(12-10-25)31(28,29)18-6-4-17(30-2)5-7-18/h3-8,13,21,24,27H,9-12,14H2,1-2H3/t21-/m0/s1.